The van der Waals surface area contributed by atoms with Crippen LogP contribution in [0.2, 0.25) is 0 Å². The number of anilines is 1. The van der Waals surface area contributed by atoms with Crippen molar-refractivity contribution in [1.29, 1.82) is 0 Å². The van der Waals surface area contributed by atoms with E-state index in [-0.39, 0.29) is 0 Å². The van der Waals surface area contributed by atoms with Crippen LogP contribution in [0.5, 0.6) is 5.75 Å². The van der Waals surface area contributed by atoms with Crippen LogP contribution in [-0.4, -0.2) is 32.0 Å². The van der Waals surface area contributed by atoms with Gasteiger partial charge in [0.1, 0.15) is 5.75 Å². The Bertz CT molecular complexity index is 773. The number of benzene rings is 2. The van der Waals surface area contributed by atoms with Crippen LogP contribution in [0.3, 0.4) is 0 Å². The highest BCUT2D eigenvalue weighted by Gasteiger charge is 2.26. The van der Waals surface area contributed by atoms with Crippen molar-refractivity contribution in [1.82, 2.24) is 5.32 Å². The number of aryl methyl sites for hydroxylation is 1. The van der Waals surface area contributed by atoms with Gasteiger partial charge in [0, 0.05) is 18.8 Å². The molecule has 1 aliphatic heterocycles. The Balaban J connectivity index is 1.60. The van der Waals surface area contributed by atoms with Gasteiger partial charge in [-0.1, -0.05) is 36.4 Å². The Morgan fingerprint density at radius 2 is 1.88 bits per heavy atom. The topological polar surface area (TPSA) is 58.6 Å². The number of nitrogens with zero attached hydrogens (tertiary/aromatic N) is 1. The van der Waals surface area contributed by atoms with E-state index in [1.54, 1.807) is 12.0 Å². The molecule has 1 aliphatic rings. The molecule has 0 saturated carbocycles. The fourth-order valence-corrected chi connectivity index (χ4v) is 3.16. The predicted molar refractivity (Wildman–Crippen MR) is 96.8 cm³/mol. The molecular formula is C20H22N2O3. The van der Waals surface area contributed by atoms with Crippen molar-refractivity contribution in [2.75, 3.05) is 25.1 Å². The zero-order chi connectivity index (χ0) is 17.6. The minimum atomic E-state index is -0.563. The van der Waals surface area contributed by atoms with Crippen LogP contribution in [0.15, 0.2) is 48.5 Å². The molecule has 0 radical (unpaired) electrons. The Hall–Kier alpha value is -2.82. The lowest BCUT2D eigenvalue weighted by Crippen LogP contribution is -2.45. The third-order valence-corrected chi connectivity index (χ3v) is 4.42. The molecule has 0 spiro atoms. The number of carbonyl (C=O) groups is 2. The zero-order valence-electron chi connectivity index (χ0n) is 14.3. The van der Waals surface area contributed by atoms with Crippen LogP contribution in [0.4, 0.5) is 5.69 Å². The van der Waals surface area contributed by atoms with E-state index >= 15 is 0 Å². The average Bonchev–Trinajstić information content (AvgIpc) is 2.67. The van der Waals surface area contributed by atoms with E-state index in [0.29, 0.717) is 19.5 Å². The van der Waals surface area contributed by atoms with E-state index in [2.05, 4.69) is 5.32 Å². The highest BCUT2D eigenvalue weighted by atomic mass is 16.5. The largest absolute Gasteiger partial charge is 0.496 e. The van der Waals surface area contributed by atoms with E-state index < -0.39 is 11.8 Å². The van der Waals surface area contributed by atoms with Crippen LogP contribution in [-0.2, 0) is 22.4 Å². The summed E-state index contributed by atoms with van der Waals surface area (Å²) in [5.41, 5.74) is 2.96. The van der Waals surface area contributed by atoms with Crippen LogP contribution in [0, 0.1) is 0 Å². The van der Waals surface area contributed by atoms with Crippen molar-refractivity contribution < 1.29 is 14.3 Å². The maximum atomic E-state index is 12.5. The van der Waals surface area contributed by atoms with Crippen molar-refractivity contribution in [2.24, 2.45) is 0 Å². The molecule has 0 aliphatic carbocycles. The van der Waals surface area contributed by atoms with Gasteiger partial charge in [-0.2, -0.15) is 0 Å². The van der Waals surface area contributed by atoms with E-state index in [0.717, 1.165) is 35.4 Å². The molecular weight excluding hydrogens is 316 g/mol. The first-order valence-corrected chi connectivity index (χ1v) is 8.50. The lowest BCUT2D eigenvalue weighted by molar-refractivity contribution is -0.137. The van der Waals surface area contributed by atoms with Crippen LogP contribution >= 0.6 is 0 Å². The number of nitrogens with one attached hydrogen (secondary N) is 1. The Labute approximate surface area is 147 Å². The summed E-state index contributed by atoms with van der Waals surface area (Å²) in [6.45, 7) is 0.968. The van der Waals surface area contributed by atoms with E-state index in [4.69, 9.17) is 4.74 Å². The molecule has 0 fully saturated rings. The zero-order valence-corrected chi connectivity index (χ0v) is 14.3. The summed E-state index contributed by atoms with van der Waals surface area (Å²) in [7, 11) is 1.62. The Morgan fingerprint density at radius 1 is 1.12 bits per heavy atom. The van der Waals surface area contributed by atoms with Gasteiger partial charge in [0.2, 0.25) is 0 Å². The molecule has 0 atom stereocenters. The number of fused-ring (bicyclic) bond motifs is 1. The standard InChI is InChI=1S/C20H22N2O3/c1-25-18-11-5-3-8-16(18)12-13-21-19(23)20(24)22-14-6-9-15-7-2-4-10-17(15)22/h2-5,7-8,10-11H,6,9,12-14H2,1H3,(H,21,23). The monoisotopic (exact) mass is 338 g/mol. The fraction of sp³-hybridized carbons (Fsp3) is 0.300. The highest BCUT2D eigenvalue weighted by molar-refractivity contribution is 6.40. The van der Waals surface area contributed by atoms with Crippen molar-refractivity contribution >= 4 is 17.5 Å². The summed E-state index contributed by atoms with van der Waals surface area (Å²) in [5, 5.41) is 2.72. The minimum absolute atomic E-state index is 0.389. The van der Waals surface area contributed by atoms with Crippen molar-refractivity contribution in [3.8, 4) is 5.75 Å². The van der Waals surface area contributed by atoms with Gasteiger partial charge in [0.25, 0.3) is 0 Å². The maximum Gasteiger partial charge on any atom is 0.316 e. The second-order valence-electron chi connectivity index (χ2n) is 6.01. The third-order valence-electron chi connectivity index (χ3n) is 4.42. The third kappa shape index (κ3) is 3.82. The second kappa shape index (κ2) is 7.83. The number of hydrogen-bond donors (Lipinski definition) is 1. The number of ether oxygens (including phenoxy) is 1. The van der Waals surface area contributed by atoms with Gasteiger partial charge >= 0.3 is 11.8 Å². The molecule has 1 heterocycles. The Kier molecular flexibility index (Phi) is 5.33. The Morgan fingerprint density at radius 3 is 2.72 bits per heavy atom. The molecule has 0 saturated heterocycles. The van der Waals surface area contributed by atoms with Gasteiger partial charge in [-0.05, 0) is 42.5 Å². The first-order valence-electron chi connectivity index (χ1n) is 8.50. The smallest absolute Gasteiger partial charge is 0.316 e. The lowest BCUT2D eigenvalue weighted by atomic mass is 10.0. The number of carbonyl (C=O) groups excluding carboxylic acids is 2. The number of methoxy groups -OCH3 is 1. The van der Waals surface area contributed by atoms with Gasteiger partial charge in [0.15, 0.2) is 0 Å². The molecule has 2 aromatic carbocycles. The van der Waals surface area contributed by atoms with Crippen LogP contribution < -0.4 is 15.0 Å². The summed E-state index contributed by atoms with van der Waals surface area (Å²) < 4.78 is 5.30. The van der Waals surface area contributed by atoms with Crippen molar-refractivity contribution in [2.45, 2.75) is 19.3 Å². The van der Waals surface area contributed by atoms with Gasteiger partial charge in [-0.3, -0.25) is 9.59 Å². The predicted octanol–water partition coefficient (Wildman–Crippen LogP) is 2.33. The van der Waals surface area contributed by atoms with Crippen LogP contribution in [0.25, 0.3) is 0 Å². The molecule has 0 aromatic heterocycles. The summed E-state index contributed by atoms with van der Waals surface area (Å²) in [6, 6.07) is 15.4. The number of amides is 2. The minimum Gasteiger partial charge on any atom is -0.496 e. The molecule has 2 amide bonds. The molecule has 0 bridgehead atoms. The van der Waals surface area contributed by atoms with Gasteiger partial charge in [-0.15, -0.1) is 0 Å². The quantitative estimate of drug-likeness (QED) is 0.871. The van der Waals surface area contributed by atoms with Gasteiger partial charge in [0.05, 0.1) is 7.11 Å². The van der Waals surface area contributed by atoms with Crippen molar-refractivity contribution in [3.63, 3.8) is 0 Å². The van der Waals surface area contributed by atoms with Gasteiger partial charge < -0.3 is 15.0 Å². The molecule has 2 aromatic rings. The number of rotatable bonds is 4. The van der Waals surface area contributed by atoms with Crippen molar-refractivity contribution in [3.05, 3.63) is 59.7 Å². The van der Waals surface area contributed by atoms with E-state index in [1.807, 2.05) is 48.5 Å². The SMILES string of the molecule is COc1ccccc1CCNC(=O)C(=O)N1CCCc2ccccc21. The summed E-state index contributed by atoms with van der Waals surface area (Å²) in [4.78, 5) is 26.4. The first kappa shape index (κ1) is 17.0. The molecule has 130 valence electrons. The van der Waals surface area contributed by atoms with Crippen LogP contribution in [0.1, 0.15) is 17.5 Å². The average molecular weight is 338 g/mol. The van der Waals surface area contributed by atoms with E-state index in [1.165, 1.54) is 0 Å². The van der Waals surface area contributed by atoms with E-state index in [9.17, 15) is 9.59 Å². The van der Waals surface area contributed by atoms with Gasteiger partial charge in [-0.25, -0.2) is 0 Å². The molecule has 25 heavy (non-hydrogen) atoms. The summed E-state index contributed by atoms with van der Waals surface area (Å²) in [6.07, 6.45) is 2.42. The second-order valence-corrected chi connectivity index (χ2v) is 6.01. The lowest BCUT2D eigenvalue weighted by Gasteiger charge is -2.28. The summed E-state index contributed by atoms with van der Waals surface area (Å²) in [5.74, 6) is -0.271. The maximum absolute atomic E-state index is 12.5. The molecule has 3 rings (SSSR count). The highest BCUT2D eigenvalue weighted by Crippen LogP contribution is 2.26. The number of hydrogen-bond acceptors (Lipinski definition) is 3. The molecule has 1 N–H and O–H groups in total. The fourth-order valence-electron chi connectivity index (χ4n) is 3.16. The summed E-state index contributed by atoms with van der Waals surface area (Å²) >= 11 is 0. The first-order chi connectivity index (χ1) is 12.2. The molecule has 5 nitrogen and oxygen atoms in total. The number of para-hydroxylation sites is 2. The normalized spacial score (nSPS) is 13.1. The molecule has 0 unspecified atom stereocenters. The molecule has 5 heteroatoms.